The van der Waals surface area contributed by atoms with Gasteiger partial charge in [0.15, 0.2) is 0 Å². The fourth-order valence-corrected chi connectivity index (χ4v) is 2.88. The highest BCUT2D eigenvalue weighted by Gasteiger charge is 2.16. The van der Waals surface area contributed by atoms with Crippen molar-refractivity contribution in [3.63, 3.8) is 0 Å². The number of esters is 1. The summed E-state index contributed by atoms with van der Waals surface area (Å²) in [5.74, 6) is -0.194. The average Bonchev–Trinajstić information content (AvgIpc) is 2.97. The standard InChI is InChI=1S/C16H19NO2S/c1-12-5-3-6-13(9-12)11-17-14(10-16(18)19-2)15-7-4-8-20-15/h3-9,14,17H,10-11H2,1-2H3. The van der Waals surface area contributed by atoms with E-state index in [0.717, 1.165) is 11.4 Å². The molecule has 0 bridgehead atoms. The van der Waals surface area contributed by atoms with Gasteiger partial charge in [0, 0.05) is 11.4 Å². The number of nitrogens with one attached hydrogen (secondary N) is 1. The van der Waals surface area contributed by atoms with Gasteiger partial charge in [0.1, 0.15) is 0 Å². The Balaban J connectivity index is 2.02. The summed E-state index contributed by atoms with van der Waals surface area (Å²) < 4.78 is 4.78. The Morgan fingerprint density at radius 1 is 1.35 bits per heavy atom. The van der Waals surface area contributed by atoms with Gasteiger partial charge in [0.2, 0.25) is 0 Å². The predicted octanol–water partition coefficient (Wildman–Crippen LogP) is 3.45. The molecule has 1 atom stereocenters. The fourth-order valence-electron chi connectivity index (χ4n) is 2.08. The van der Waals surface area contributed by atoms with Crippen molar-refractivity contribution < 1.29 is 9.53 Å². The smallest absolute Gasteiger partial charge is 0.307 e. The van der Waals surface area contributed by atoms with Crippen LogP contribution in [0.5, 0.6) is 0 Å². The third-order valence-electron chi connectivity index (χ3n) is 3.12. The van der Waals surface area contributed by atoms with E-state index < -0.39 is 0 Å². The summed E-state index contributed by atoms with van der Waals surface area (Å²) in [6.07, 6.45) is 0.350. The molecule has 1 heterocycles. The number of thiophene rings is 1. The Morgan fingerprint density at radius 2 is 2.20 bits per heavy atom. The van der Waals surface area contributed by atoms with Gasteiger partial charge >= 0.3 is 5.97 Å². The van der Waals surface area contributed by atoms with Gasteiger partial charge in [-0.15, -0.1) is 11.3 Å². The van der Waals surface area contributed by atoms with Gasteiger partial charge in [0.05, 0.1) is 19.6 Å². The molecule has 2 aromatic rings. The molecule has 106 valence electrons. The van der Waals surface area contributed by atoms with E-state index in [-0.39, 0.29) is 12.0 Å². The molecule has 0 saturated heterocycles. The second-order valence-electron chi connectivity index (χ2n) is 4.72. The lowest BCUT2D eigenvalue weighted by Crippen LogP contribution is -2.23. The normalized spacial score (nSPS) is 12.1. The molecule has 3 nitrogen and oxygen atoms in total. The van der Waals surface area contributed by atoms with Crippen molar-refractivity contribution in [3.8, 4) is 0 Å². The molecule has 20 heavy (non-hydrogen) atoms. The first-order valence-electron chi connectivity index (χ1n) is 6.58. The van der Waals surface area contributed by atoms with Gasteiger partial charge in [-0.1, -0.05) is 35.9 Å². The Bertz CT molecular complexity index is 551. The van der Waals surface area contributed by atoms with Crippen molar-refractivity contribution in [2.75, 3.05) is 7.11 Å². The summed E-state index contributed by atoms with van der Waals surface area (Å²) >= 11 is 1.65. The van der Waals surface area contributed by atoms with Crippen LogP contribution in [0.3, 0.4) is 0 Å². The number of hydrogen-bond donors (Lipinski definition) is 1. The van der Waals surface area contributed by atoms with Crippen molar-refractivity contribution in [2.45, 2.75) is 25.9 Å². The number of methoxy groups -OCH3 is 1. The number of benzene rings is 1. The van der Waals surface area contributed by atoms with Gasteiger partial charge in [-0.3, -0.25) is 4.79 Å². The largest absolute Gasteiger partial charge is 0.469 e. The van der Waals surface area contributed by atoms with Gasteiger partial charge in [-0.2, -0.15) is 0 Å². The van der Waals surface area contributed by atoms with Crippen LogP contribution in [0.4, 0.5) is 0 Å². The number of carbonyl (C=O) groups excluding carboxylic acids is 1. The summed E-state index contributed by atoms with van der Waals surface area (Å²) in [5.41, 5.74) is 2.46. The highest BCUT2D eigenvalue weighted by Crippen LogP contribution is 2.23. The Morgan fingerprint density at radius 3 is 2.85 bits per heavy atom. The van der Waals surface area contributed by atoms with E-state index in [1.54, 1.807) is 11.3 Å². The number of carbonyl (C=O) groups is 1. The lowest BCUT2D eigenvalue weighted by atomic mass is 10.1. The SMILES string of the molecule is COC(=O)CC(NCc1cccc(C)c1)c1cccs1. The Labute approximate surface area is 123 Å². The van der Waals surface area contributed by atoms with Crippen LogP contribution in [-0.4, -0.2) is 13.1 Å². The van der Waals surface area contributed by atoms with Crippen molar-refractivity contribution in [1.82, 2.24) is 5.32 Å². The summed E-state index contributed by atoms with van der Waals surface area (Å²) in [6.45, 7) is 2.82. The minimum atomic E-state index is -0.194. The maximum Gasteiger partial charge on any atom is 0.307 e. The zero-order valence-corrected chi connectivity index (χ0v) is 12.6. The van der Waals surface area contributed by atoms with Crippen molar-refractivity contribution in [1.29, 1.82) is 0 Å². The lowest BCUT2D eigenvalue weighted by molar-refractivity contribution is -0.141. The highest BCUT2D eigenvalue weighted by molar-refractivity contribution is 7.10. The molecule has 2 rings (SSSR count). The van der Waals surface area contributed by atoms with E-state index in [1.165, 1.54) is 18.2 Å². The quantitative estimate of drug-likeness (QED) is 0.828. The third kappa shape index (κ3) is 4.18. The summed E-state index contributed by atoms with van der Waals surface area (Å²) in [6, 6.07) is 12.4. The predicted molar refractivity (Wildman–Crippen MR) is 81.7 cm³/mol. The van der Waals surface area contributed by atoms with Crippen LogP contribution in [0.25, 0.3) is 0 Å². The average molecular weight is 289 g/mol. The lowest BCUT2D eigenvalue weighted by Gasteiger charge is -2.16. The van der Waals surface area contributed by atoms with Crippen LogP contribution in [0.15, 0.2) is 41.8 Å². The van der Waals surface area contributed by atoms with Crippen LogP contribution < -0.4 is 5.32 Å². The summed E-state index contributed by atoms with van der Waals surface area (Å²) in [4.78, 5) is 12.7. The van der Waals surface area contributed by atoms with Gasteiger partial charge in [0.25, 0.3) is 0 Å². The van der Waals surface area contributed by atoms with Gasteiger partial charge in [-0.05, 0) is 23.9 Å². The first-order valence-corrected chi connectivity index (χ1v) is 7.46. The minimum absolute atomic E-state index is 0.00274. The molecule has 0 fully saturated rings. The first-order chi connectivity index (χ1) is 9.69. The summed E-state index contributed by atoms with van der Waals surface area (Å²) in [7, 11) is 1.42. The van der Waals surface area contributed by atoms with Gasteiger partial charge in [-0.25, -0.2) is 0 Å². The molecule has 0 aliphatic rings. The van der Waals surface area contributed by atoms with Crippen molar-refractivity contribution >= 4 is 17.3 Å². The van der Waals surface area contributed by atoms with Crippen LogP contribution in [-0.2, 0) is 16.1 Å². The van der Waals surface area contributed by atoms with E-state index in [9.17, 15) is 4.79 Å². The molecule has 1 aromatic heterocycles. The molecule has 0 saturated carbocycles. The number of ether oxygens (including phenoxy) is 1. The van der Waals surface area contributed by atoms with Crippen molar-refractivity contribution in [2.24, 2.45) is 0 Å². The topological polar surface area (TPSA) is 38.3 Å². The molecular formula is C16H19NO2S. The molecule has 1 aromatic carbocycles. The highest BCUT2D eigenvalue weighted by atomic mass is 32.1. The summed E-state index contributed by atoms with van der Waals surface area (Å²) in [5, 5.41) is 5.46. The van der Waals surface area contributed by atoms with E-state index in [4.69, 9.17) is 4.74 Å². The molecule has 1 unspecified atom stereocenters. The first kappa shape index (κ1) is 14.8. The van der Waals surface area contributed by atoms with E-state index in [2.05, 4.69) is 30.4 Å². The van der Waals surface area contributed by atoms with Crippen LogP contribution in [0.1, 0.15) is 28.5 Å². The van der Waals surface area contributed by atoms with Gasteiger partial charge < -0.3 is 10.1 Å². The maximum atomic E-state index is 11.5. The second-order valence-corrected chi connectivity index (χ2v) is 5.70. The molecule has 0 aliphatic carbocycles. The monoisotopic (exact) mass is 289 g/mol. The van der Waals surface area contributed by atoms with E-state index >= 15 is 0 Å². The molecule has 0 spiro atoms. The van der Waals surface area contributed by atoms with E-state index in [1.807, 2.05) is 23.6 Å². The van der Waals surface area contributed by atoms with E-state index in [0.29, 0.717) is 6.42 Å². The third-order valence-corrected chi connectivity index (χ3v) is 4.11. The maximum absolute atomic E-state index is 11.5. The fraction of sp³-hybridized carbons (Fsp3) is 0.312. The molecule has 0 aliphatic heterocycles. The number of hydrogen-bond acceptors (Lipinski definition) is 4. The van der Waals surface area contributed by atoms with Crippen LogP contribution in [0, 0.1) is 6.92 Å². The molecule has 1 N–H and O–H groups in total. The minimum Gasteiger partial charge on any atom is -0.469 e. The van der Waals surface area contributed by atoms with Crippen LogP contribution >= 0.6 is 11.3 Å². The second kappa shape index (κ2) is 7.22. The zero-order valence-electron chi connectivity index (χ0n) is 11.8. The Hall–Kier alpha value is -1.65. The van der Waals surface area contributed by atoms with Crippen molar-refractivity contribution in [3.05, 3.63) is 57.8 Å². The molecule has 0 radical (unpaired) electrons. The number of aryl methyl sites for hydroxylation is 1. The zero-order chi connectivity index (χ0) is 14.4. The Kier molecular flexibility index (Phi) is 5.32. The number of rotatable bonds is 6. The molecule has 4 heteroatoms. The van der Waals surface area contributed by atoms with Crippen LogP contribution in [0.2, 0.25) is 0 Å². The molecule has 0 amide bonds. The molecular weight excluding hydrogens is 270 g/mol.